The summed E-state index contributed by atoms with van der Waals surface area (Å²) in [6.45, 7) is 2.77. The highest BCUT2D eigenvalue weighted by molar-refractivity contribution is 6.31. The van der Waals surface area contributed by atoms with E-state index in [9.17, 15) is 0 Å². The average Bonchev–Trinajstić information content (AvgIpc) is 2.70. The molecule has 0 aliphatic carbocycles. The molecule has 0 atom stereocenters. The maximum Gasteiger partial charge on any atom is 0.118 e. The molecule has 0 spiro atoms. The van der Waals surface area contributed by atoms with Crippen molar-refractivity contribution >= 4 is 11.6 Å². The number of rotatable bonds is 4. The molecule has 2 aromatic rings. The van der Waals surface area contributed by atoms with Crippen molar-refractivity contribution < 1.29 is 4.74 Å². The van der Waals surface area contributed by atoms with Crippen molar-refractivity contribution in [3.63, 3.8) is 0 Å². The third-order valence-electron chi connectivity index (χ3n) is 2.63. The van der Waals surface area contributed by atoms with Gasteiger partial charge in [0.1, 0.15) is 5.75 Å². The van der Waals surface area contributed by atoms with E-state index in [1.54, 1.807) is 7.11 Å². The maximum absolute atomic E-state index is 6.06. The molecule has 0 N–H and O–H groups in total. The Bertz CT molecular complexity index is 491. The van der Waals surface area contributed by atoms with E-state index < -0.39 is 0 Å². The molecule has 0 aliphatic rings. The quantitative estimate of drug-likeness (QED) is 0.834. The first-order valence-electron chi connectivity index (χ1n) is 5.57. The lowest BCUT2D eigenvalue weighted by Gasteiger charge is -2.03. The Balaban J connectivity index is 2.13. The molecule has 0 saturated carbocycles. The van der Waals surface area contributed by atoms with E-state index in [2.05, 4.69) is 5.10 Å². The number of nitrogens with zero attached hydrogens (tertiary/aromatic N) is 2. The number of halogens is 1. The molecule has 0 amide bonds. The van der Waals surface area contributed by atoms with Crippen LogP contribution in [0.2, 0.25) is 5.02 Å². The summed E-state index contributed by atoms with van der Waals surface area (Å²) >= 11 is 6.06. The van der Waals surface area contributed by atoms with Gasteiger partial charge in [0.05, 0.1) is 24.4 Å². The van der Waals surface area contributed by atoms with Crippen molar-refractivity contribution in [3.05, 3.63) is 46.7 Å². The Labute approximate surface area is 106 Å². The number of hydrogen-bond acceptors (Lipinski definition) is 2. The highest BCUT2D eigenvalue weighted by Crippen LogP contribution is 2.16. The average molecular weight is 251 g/mol. The van der Waals surface area contributed by atoms with Gasteiger partial charge in [0, 0.05) is 6.20 Å². The zero-order valence-corrected chi connectivity index (χ0v) is 10.7. The van der Waals surface area contributed by atoms with Crippen molar-refractivity contribution in [3.8, 4) is 5.75 Å². The standard InChI is InChI=1S/C13H15ClN2O/c1-3-13-12(14)9-16(15-13)8-10-4-6-11(17-2)7-5-10/h4-7,9H,3,8H2,1-2H3. The van der Waals surface area contributed by atoms with Gasteiger partial charge in [0.25, 0.3) is 0 Å². The summed E-state index contributed by atoms with van der Waals surface area (Å²) in [4.78, 5) is 0. The second-order valence-corrected chi connectivity index (χ2v) is 4.23. The minimum Gasteiger partial charge on any atom is -0.497 e. The summed E-state index contributed by atoms with van der Waals surface area (Å²) in [7, 11) is 1.66. The van der Waals surface area contributed by atoms with Crippen molar-refractivity contribution in [2.45, 2.75) is 19.9 Å². The fraction of sp³-hybridized carbons (Fsp3) is 0.308. The highest BCUT2D eigenvalue weighted by atomic mass is 35.5. The molecule has 0 fully saturated rings. The number of benzene rings is 1. The lowest BCUT2D eigenvalue weighted by atomic mass is 10.2. The van der Waals surface area contributed by atoms with Crippen LogP contribution in [0.5, 0.6) is 5.75 Å². The molecule has 2 rings (SSSR count). The molecular weight excluding hydrogens is 236 g/mol. The third kappa shape index (κ3) is 2.80. The van der Waals surface area contributed by atoms with Gasteiger partial charge in [0.2, 0.25) is 0 Å². The Morgan fingerprint density at radius 1 is 1.29 bits per heavy atom. The van der Waals surface area contributed by atoms with Crippen LogP contribution in [-0.2, 0) is 13.0 Å². The fourth-order valence-electron chi connectivity index (χ4n) is 1.68. The van der Waals surface area contributed by atoms with Crippen LogP contribution in [0.4, 0.5) is 0 Å². The molecule has 90 valence electrons. The molecule has 1 aromatic carbocycles. The van der Waals surface area contributed by atoms with Gasteiger partial charge >= 0.3 is 0 Å². The lowest BCUT2D eigenvalue weighted by molar-refractivity contribution is 0.414. The Morgan fingerprint density at radius 3 is 2.53 bits per heavy atom. The summed E-state index contributed by atoms with van der Waals surface area (Å²) < 4.78 is 6.98. The van der Waals surface area contributed by atoms with Crippen LogP contribution in [-0.4, -0.2) is 16.9 Å². The van der Waals surface area contributed by atoms with Crippen molar-refractivity contribution in [2.24, 2.45) is 0 Å². The fourth-order valence-corrected chi connectivity index (χ4v) is 1.96. The van der Waals surface area contributed by atoms with E-state index in [0.29, 0.717) is 0 Å². The second kappa shape index (κ2) is 5.23. The Morgan fingerprint density at radius 2 is 2.00 bits per heavy atom. The topological polar surface area (TPSA) is 27.1 Å². The molecule has 1 aromatic heterocycles. The van der Waals surface area contributed by atoms with E-state index in [1.807, 2.05) is 42.1 Å². The first-order valence-corrected chi connectivity index (χ1v) is 5.95. The van der Waals surface area contributed by atoms with Gasteiger partial charge in [-0.1, -0.05) is 30.7 Å². The first kappa shape index (κ1) is 12.0. The molecule has 4 heteroatoms. The van der Waals surface area contributed by atoms with Crippen LogP contribution >= 0.6 is 11.6 Å². The van der Waals surface area contributed by atoms with Crippen LogP contribution in [0.15, 0.2) is 30.5 Å². The third-order valence-corrected chi connectivity index (χ3v) is 2.94. The number of methoxy groups -OCH3 is 1. The number of ether oxygens (including phenoxy) is 1. The van der Waals surface area contributed by atoms with E-state index in [0.717, 1.165) is 29.4 Å². The van der Waals surface area contributed by atoms with Gasteiger partial charge < -0.3 is 4.74 Å². The molecule has 0 bridgehead atoms. The minimum atomic E-state index is 0.726. The summed E-state index contributed by atoms with van der Waals surface area (Å²) in [6, 6.07) is 7.95. The predicted octanol–water partition coefficient (Wildman–Crippen LogP) is 3.16. The summed E-state index contributed by atoms with van der Waals surface area (Å²) in [5.41, 5.74) is 2.12. The van der Waals surface area contributed by atoms with Crippen molar-refractivity contribution in [1.82, 2.24) is 9.78 Å². The van der Waals surface area contributed by atoms with Crippen LogP contribution in [0.3, 0.4) is 0 Å². The highest BCUT2D eigenvalue weighted by Gasteiger charge is 2.05. The zero-order chi connectivity index (χ0) is 12.3. The number of hydrogen-bond donors (Lipinski definition) is 0. The van der Waals surface area contributed by atoms with Gasteiger partial charge in [0.15, 0.2) is 0 Å². The molecule has 0 aliphatic heterocycles. The molecule has 0 unspecified atom stereocenters. The zero-order valence-electron chi connectivity index (χ0n) is 9.98. The second-order valence-electron chi connectivity index (χ2n) is 3.82. The molecule has 3 nitrogen and oxygen atoms in total. The van der Waals surface area contributed by atoms with E-state index in [-0.39, 0.29) is 0 Å². The maximum atomic E-state index is 6.06. The van der Waals surface area contributed by atoms with Crippen LogP contribution < -0.4 is 4.74 Å². The molecular formula is C13H15ClN2O. The van der Waals surface area contributed by atoms with Gasteiger partial charge in [-0.05, 0) is 24.1 Å². The normalized spacial score (nSPS) is 10.5. The number of aromatic nitrogens is 2. The van der Waals surface area contributed by atoms with Crippen LogP contribution in [0.1, 0.15) is 18.2 Å². The molecule has 17 heavy (non-hydrogen) atoms. The van der Waals surface area contributed by atoms with E-state index in [1.165, 1.54) is 5.56 Å². The minimum absolute atomic E-state index is 0.726. The van der Waals surface area contributed by atoms with Crippen molar-refractivity contribution in [1.29, 1.82) is 0 Å². The summed E-state index contributed by atoms with van der Waals surface area (Å²) in [5, 5.41) is 5.16. The Hall–Kier alpha value is -1.48. The largest absolute Gasteiger partial charge is 0.497 e. The summed E-state index contributed by atoms with van der Waals surface area (Å²) in [6.07, 6.45) is 2.72. The van der Waals surface area contributed by atoms with E-state index in [4.69, 9.17) is 16.3 Å². The van der Waals surface area contributed by atoms with E-state index >= 15 is 0 Å². The van der Waals surface area contributed by atoms with Crippen LogP contribution in [0, 0.1) is 0 Å². The van der Waals surface area contributed by atoms with Gasteiger partial charge in [-0.2, -0.15) is 5.10 Å². The predicted molar refractivity (Wildman–Crippen MR) is 68.7 cm³/mol. The molecule has 0 radical (unpaired) electrons. The van der Waals surface area contributed by atoms with Crippen LogP contribution in [0.25, 0.3) is 0 Å². The monoisotopic (exact) mass is 250 g/mol. The van der Waals surface area contributed by atoms with Gasteiger partial charge in [-0.3, -0.25) is 4.68 Å². The number of aryl methyl sites for hydroxylation is 1. The lowest BCUT2D eigenvalue weighted by Crippen LogP contribution is -2.00. The molecule has 0 saturated heterocycles. The van der Waals surface area contributed by atoms with Gasteiger partial charge in [-0.25, -0.2) is 0 Å². The van der Waals surface area contributed by atoms with Crippen molar-refractivity contribution in [2.75, 3.05) is 7.11 Å². The Kier molecular flexibility index (Phi) is 3.69. The van der Waals surface area contributed by atoms with Gasteiger partial charge in [-0.15, -0.1) is 0 Å². The smallest absolute Gasteiger partial charge is 0.118 e. The summed E-state index contributed by atoms with van der Waals surface area (Å²) in [5.74, 6) is 0.862. The molecule has 1 heterocycles. The SMILES string of the molecule is CCc1nn(Cc2ccc(OC)cc2)cc1Cl. The first-order chi connectivity index (χ1) is 8.22.